The van der Waals surface area contributed by atoms with E-state index in [-0.39, 0.29) is 17.1 Å². The van der Waals surface area contributed by atoms with Gasteiger partial charge in [0.2, 0.25) is 5.82 Å². The Labute approximate surface area is 84.5 Å². The van der Waals surface area contributed by atoms with Crippen LogP contribution < -0.4 is 0 Å². The van der Waals surface area contributed by atoms with Gasteiger partial charge in [-0.2, -0.15) is 4.39 Å². The Kier molecular flexibility index (Phi) is 2.07. The molecule has 1 heterocycles. The summed E-state index contributed by atoms with van der Waals surface area (Å²) in [5, 5.41) is 0.430. The lowest BCUT2D eigenvalue weighted by Gasteiger charge is -1.92. The first-order chi connectivity index (χ1) is 7.02. The topological polar surface area (TPSA) is 30.2 Å². The van der Waals surface area contributed by atoms with E-state index in [1.165, 1.54) is 13.0 Å². The van der Waals surface area contributed by atoms with Gasteiger partial charge in [0.05, 0.1) is 0 Å². The lowest BCUT2D eigenvalue weighted by molar-refractivity contribution is 0.0988. The smallest absolute Gasteiger partial charge is 0.201 e. The van der Waals surface area contributed by atoms with Gasteiger partial charge in [0.15, 0.2) is 22.9 Å². The minimum absolute atomic E-state index is 0.0782. The van der Waals surface area contributed by atoms with Crippen LogP contribution in [-0.4, -0.2) is 5.78 Å². The van der Waals surface area contributed by atoms with Gasteiger partial charge in [-0.15, -0.1) is 0 Å². The van der Waals surface area contributed by atoms with E-state index in [1.807, 2.05) is 0 Å². The Morgan fingerprint density at radius 1 is 1.33 bits per heavy atom. The second-order valence-electron chi connectivity index (χ2n) is 3.35. The molecule has 1 aromatic carbocycles. The summed E-state index contributed by atoms with van der Waals surface area (Å²) < 4.78 is 31.2. The predicted octanol–water partition coefficient (Wildman–Crippen LogP) is 3.22. The van der Waals surface area contributed by atoms with Gasteiger partial charge in [0.1, 0.15) is 0 Å². The molecule has 78 valence electrons. The van der Waals surface area contributed by atoms with Crippen LogP contribution in [0.3, 0.4) is 0 Å². The van der Waals surface area contributed by atoms with E-state index in [2.05, 4.69) is 0 Å². The number of hydrogen-bond acceptors (Lipinski definition) is 2. The minimum atomic E-state index is -1.05. The fourth-order valence-electron chi connectivity index (χ4n) is 1.56. The van der Waals surface area contributed by atoms with Crippen molar-refractivity contribution in [3.05, 3.63) is 35.1 Å². The first-order valence-electron chi connectivity index (χ1n) is 4.40. The Balaban J connectivity index is 2.88. The molecule has 0 bridgehead atoms. The van der Waals surface area contributed by atoms with Gasteiger partial charge in [0.25, 0.3) is 0 Å². The van der Waals surface area contributed by atoms with Crippen LogP contribution in [0.15, 0.2) is 16.5 Å². The summed E-state index contributed by atoms with van der Waals surface area (Å²) >= 11 is 0. The van der Waals surface area contributed by atoms with Crippen LogP contribution in [0.1, 0.15) is 23.0 Å². The first-order valence-corrected chi connectivity index (χ1v) is 4.40. The normalized spacial score (nSPS) is 10.9. The van der Waals surface area contributed by atoms with Crippen LogP contribution in [0.25, 0.3) is 11.0 Å². The third-order valence-corrected chi connectivity index (χ3v) is 2.32. The maximum Gasteiger partial charge on any atom is 0.201 e. The van der Waals surface area contributed by atoms with Crippen LogP contribution in [0.2, 0.25) is 0 Å². The third kappa shape index (κ3) is 1.33. The van der Waals surface area contributed by atoms with Crippen molar-refractivity contribution in [2.24, 2.45) is 0 Å². The highest BCUT2D eigenvalue weighted by Crippen LogP contribution is 2.28. The maximum atomic E-state index is 13.3. The molecule has 0 spiro atoms. The third-order valence-electron chi connectivity index (χ3n) is 2.32. The predicted molar refractivity (Wildman–Crippen MR) is 50.9 cm³/mol. The summed E-state index contributed by atoms with van der Waals surface area (Å²) in [4.78, 5) is 11.1. The molecule has 0 aliphatic carbocycles. The van der Waals surface area contributed by atoms with E-state index in [0.29, 0.717) is 10.9 Å². The molecule has 0 amide bonds. The summed E-state index contributed by atoms with van der Waals surface area (Å²) in [6.07, 6.45) is 0. The molecule has 0 saturated heterocycles. The number of fused-ring (bicyclic) bond motifs is 1. The molecule has 2 nitrogen and oxygen atoms in total. The number of carbonyl (C=O) groups is 1. The van der Waals surface area contributed by atoms with Crippen molar-refractivity contribution in [1.82, 2.24) is 0 Å². The van der Waals surface area contributed by atoms with E-state index >= 15 is 0 Å². The van der Waals surface area contributed by atoms with Gasteiger partial charge >= 0.3 is 0 Å². The minimum Gasteiger partial charge on any atom is -0.449 e. The van der Waals surface area contributed by atoms with Gasteiger partial charge in [-0.25, -0.2) is 4.39 Å². The Bertz CT molecular complexity index is 555. The van der Waals surface area contributed by atoms with Crippen LogP contribution in [0.5, 0.6) is 0 Å². The molecular formula is C11H8F2O2. The molecule has 2 rings (SSSR count). The lowest BCUT2D eigenvalue weighted by Crippen LogP contribution is -1.90. The molecule has 0 atom stereocenters. The maximum absolute atomic E-state index is 13.3. The fraction of sp³-hybridized carbons (Fsp3) is 0.182. The molecule has 0 aliphatic rings. The van der Waals surface area contributed by atoms with Crippen LogP contribution in [-0.2, 0) is 0 Å². The van der Waals surface area contributed by atoms with Gasteiger partial charge < -0.3 is 4.42 Å². The van der Waals surface area contributed by atoms with E-state index in [0.717, 1.165) is 6.07 Å². The number of aryl methyl sites for hydroxylation is 1. The molecule has 2 aromatic rings. The number of rotatable bonds is 1. The van der Waals surface area contributed by atoms with Crippen molar-refractivity contribution in [3.63, 3.8) is 0 Å². The number of hydrogen-bond donors (Lipinski definition) is 0. The number of halogens is 2. The van der Waals surface area contributed by atoms with Gasteiger partial charge in [-0.1, -0.05) is 0 Å². The summed E-state index contributed by atoms with van der Waals surface area (Å²) in [6, 6.07) is 2.42. The van der Waals surface area contributed by atoms with Gasteiger partial charge in [-0.05, 0) is 19.1 Å². The van der Waals surface area contributed by atoms with E-state index in [4.69, 9.17) is 4.42 Å². The zero-order valence-corrected chi connectivity index (χ0v) is 8.23. The highest BCUT2D eigenvalue weighted by Gasteiger charge is 2.18. The van der Waals surface area contributed by atoms with Crippen LogP contribution >= 0.6 is 0 Å². The fourth-order valence-corrected chi connectivity index (χ4v) is 1.56. The van der Waals surface area contributed by atoms with E-state index in [9.17, 15) is 13.6 Å². The van der Waals surface area contributed by atoms with Gasteiger partial charge in [-0.3, -0.25) is 4.79 Å². The monoisotopic (exact) mass is 210 g/mol. The SMILES string of the molecule is CC(=O)c1oc2c(F)c(F)ccc2c1C. The number of benzene rings is 1. The highest BCUT2D eigenvalue weighted by atomic mass is 19.2. The van der Waals surface area contributed by atoms with Crippen LogP contribution in [0.4, 0.5) is 8.78 Å². The molecule has 15 heavy (non-hydrogen) atoms. The van der Waals surface area contributed by atoms with Gasteiger partial charge in [0, 0.05) is 17.9 Å². The second kappa shape index (κ2) is 3.15. The average Bonchev–Trinajstić information content (AvgIpc) is 2.51. The summed E-state index contributed by atoms with van der Waals surface area (Å²) in [5.74, 6) is -2.26. The summed E-state index contributed by atoms with van der Waals surface area (Å²) in [6.45, 7) is 2.96. The zero-order valence-electron chi connectivity index (χ0n) is 8.23. The van der Waals surface area contributed by atoms with E-state index < -0.39 is 11.6 Å². The molecule has 0 fully saturated rings. The Morgan fingerprint density at radius 2 is 2.00 bits per heavy atom. The van der Waals surface area contributed by atoms with Crippen molar-refractivity contribution >= 4 is 16.8 Å². The first kappa shape index (κ1) is 9.83. The molecule has 1 aromatic heterocycles. The van der Waals surface area contributed by atoms with E-state index in [1.54, 1.807) is 6.92 Å². The number of carbonyl (C=O) groups excluding carboxylic acids is 1. The lowest BCUT2D eigenvalue weighted by atomic mass is 10.1. The number of furan rings is 1. The van der Waals surface area contributed by atoms with Crippen molar-refractivity contribution < 1.29 is 18.0 Å². The Morgan fingerprint density at radius 3 is 2.60 bits per heavy atom. The molecule has 4 heteroatoms. The average molecular weight is 210 g/mol. The standard InChI is InChI=1S/C11H8F2O2/c1-5-7-3-4-8(12)9(13)11(7)15-10(5)6(2)14/h3-4H,1-2H3. The van der Waals surface area contributed by atoms with Crippen molar-refractivity contribution in [1.29, 1.82) is 0 Å². The van der Waals surface area contributed by atoms with Crippen molar-refractivity contribution in [2.75, 3.05) is 0 Å². The quantitative estimate of drug-likeness (QED) is 0.676. The number of Topliss-reactive ketones (excluding diaryl/α,β-unsaturated/α-hetero) is 1. The van der Waals surface area contributed by atoms with Crippen molar-refractivity contribution in [3.8, 4) is 0 Å². The molecule has 0 N–H and O–H groups in total. The Hall–Kier alpha value is -1.71. The van der Waals surface area contributed by atoms with Crippen molar-refractivity contribution in [2.45, 2.75) is 13.8 Å². The summed E-state index contributed by atoms with van der Waals surface area (Å²) in [5.41, 5.74) is 0.342. The summed E-state index contributed by atoms with van der Waals surface area (Å²) in [7, 11) is 0. The largest absolute Gasteiger partial charge is 0.449 e. The molecule has 0 aliphatic heterocycles. The molecule has 0 radical (unpaired) electrons. The molecule has 0 saturated carbocycles. The molecular weight excluding hydrogens is 202 g/mol. The van der Waals surface area contributed by atoms with Crippen LogP contribution in [0, 0.1) is 18.6 Å². The second-order valence-corrected chi connectivity index (χ2v) is 3.35. The number of ketones is 1. The zero-order chi connectivity index (χ0) is 11.2. The molecule has 0 unspecified atom stereocenters. The highest BCUT2D eigenvalue weighted by molar-refractivity contribution is 5.98.